The van der Waals surface area contributed by atoms with Crippen molar-refractivity contribution in [2.45, 2.75) is 31.2 Å². The molecule has 21 heavy (non-hydrogen) atoms. The van der Waals surface area contributed by atoms with E-state index in [-0.39, 0.29) is 5.41 Å². The first-order valence-corrected chi connectivity index (χ1v) is 9.96. The molecule has 0 aliphatic carbocycles. The number of sulfonamides is 1. The summed E-state index contributed by atoms with van der Waals surface area (Å²) in [4.78, 5) is 1.32. The van der Waals surface area contributed by atoms with E-state index in [0.29, 0.717) is 35.0 Å². The van der Waals surface area contributed by atoms with Gasteiger partial charge in [-0.25, -0.2) is 13.1 Å². The normalized spacial score (nSPS) is 18.8. The highest BCUT2D eigenvalue weighted by molar-refractivity contribution is 9.11. The van der Waals surface area contributed by atoms with Crippen molar-refractivity contribution in [2.75, 3.05) is 26.8 Å². The number of hydrogen-bond acceptors (Lipinski definition) is 5. The fourth-order valence-corrected chi connectivity index (χ4v) is 6.12. The molecule has 1 aromatic heterocycles. The summed E-state index contributed by atoms with van der Waals surface area (Å²) in [5.74, 6) is 0. The average molecular weight is 397 g/mol. The Morgan fingerprint density at radius 3 is 2.71 bits per heavy atom. The van der Waals surface area contributed by atoms with Crippen LogP contribution in [-0.2, 0) is 21.3 Å². The largest absolute Gasteiger partial charge is 0.381 e. The van der Waals surface area contributed by atoms with Crippen LogP contribution in [0.1, 0.15) is 24.6 Å². The second-order valence-electron chi connectivity index (χ2n) is 5.63. The van der Waals surface area contributed by atoms with Gasteiger partial charge in [-0.3, -0.25) is 0 Å². The fraction of sp³-hybridized carbons (Fsp3) is 0.692. The predicted octanol–water partition coefficient (Wildman–Crippen LogP) is 2.33. The molecule has 0 bridgehead atoms. The van der Waals surface area contributed by atoms with Gasteiger partial charge in [-0.2, -0.15) is 0 Å². The second kappa shape index (κ2) is 7.06. The molecule has 1 aliphatic rings. The second-order valence-corrected chi connectivity index (χ2v) is 9.82. The molecule has 0 aromatic carbocycles. The monoisotopic (exact) mass is 396 g/mol. The fourth-order valence-electron chi connectivity index (χ4n) is 2.23. The van der Waals surface area contributed by atoms with Crippen LogP contribution in [0.15, 0.2) is 14.7 Å². The zero-order chi connectivity index (χ0) is 15.5. The van der Waals surface area contributed by atoms with E-state index in [2.05, 4.69) is 32.9 Å². The van der Waals surface area contributed by atoms with Crippen LogP contribution in [0.4, 0.5) is 0 Å². The Kier molecular flexibility index (Phi) is 5.84. The van der Waals surface area contributed by atoms with Crippen molar-refractivity contribution in [3.8, 4) is 0 Å². The lowest BCUT2D eigenvalue weighted by Gasteiger charge is -2.33. The van der Waals surface area contributed by atoms with E-state index in [1.807, 2.05) is 7.05 Å². The van der Waals surface area contributed by atoms with Gasteiger partial charge in [-0.05, 0) is 47.3 Å². The maximum Gasteiger partial charge on any atom is 0.242 e. The summed E-state index contributed by atoms with van der Waals surface area (Å²) in [6, 6.07) is 1.72. The van der Waals surface area contributed by atoms with Crippen molar-refractivity contribution in [1.29, 1.82) is 0 Å². The van der Waals surface area contributed by atoms with Crippen LogP contribution in [0.3, 0.4) is 0 Å². The van der Waals surface area contributed by atoms with E-state index in [4.69, 9.17) is 4.74 Å². The topological polar surface area (TPSA) is 67.4 Å². The molecule has 0 atom stereocenters. The summed E-state index contributed by atoms with van der Waals surface area (Å²) in [5, 5.41) is 3.03. The number of hydrogen-bond donors (Lipinski definition) is 2. The molecular formula is C13H21BrN2O3S2. The Bertz CT molecular complexity index is 580. The van der Waals surface area contributed by atoms with Crippen LogP contribution < -0.4 is 10.0 Å². The summed E-state index contributed by atoms with van der Waals surface area (Å²) < 4.78 is 33.7. The van der Waals surface area contributed by atoms with Crippen LogP contribution >= 0.6 is 27.3 Å². The molecule has 0 saturated carbocycles. The number of nitrogens with one attached hydrogen (secondary N) is 2. The van der Waals surface area contributed by atoms with Gasteiger partial charge in [0.2, 0.25) is 10.0 Å². The summed E-state index contributed by atoms with van der Waals surface area (Å²) in [6.07, 6.45) is 1.76. The number of halogens is 1. The lowest BCUT2D eigenvalue weighted by Crippen LogP contribution is -2.39. The summed E-state index contributed by atoms with van der Waals surface area (Å²) in [6.45, 7) is 4.61. The molecule has 2 heterocycles. The Morgan fingerprint density at radius 2 is 2.10 bits per heavy atom. The first kappa shape index (κ1) is 17.4. The maximum atomic E-state index is 12.5. The molecule has 1 aliphatic heterocycles. The third-order valence-electron chi connectivity index (χ3n) is 3.74. The Hall–Kier alpha value is 0.01000. The molecule has 1 saturated heterocycles. The molecule has 0 amide bonds. The van der Waals surface area contributed by atoms with E-state index in [1.54, 1.807) is 6.07 Å². The molecule has 5 nitrogen and oxygen atoms in total. The summed E-state index contributed by atoms with van der Waals surface area (Å²) >= 11 is 4.80. The molecule has 1 fully saturated rings. The van der Waals surface area contributed by atoms with Gasteiger partial charge in [-0.1, -0.05) is 6.92 Å². The van der Waals surface area contributed by atoms with Crippen molar-refractivity contribution in [1.82, 2.24) is 10.0 Å². The van der Waals surface area contributed by atoms with E-state index < -0.39 is 10.0 Å². The van der Waals surface area contributed by atoms with Gasteiger partial charge in [0.15, 0.2) is 0 Å². The highest BCUT2D eigenvalue weighted by atomic mass is 79.9. The third-order valence-corrected chi connectivity index (χ3v) is 7.39. The molecule has 120 valence electrons. The van der Waals surface area contributed by atoms with Crippen molar-refractivity contribution in [3.63, 3.8) is 0 Å². The smallest absolute Gasteiger partial charge is 0.242 e. The number of rotatable bonds is 6. The van der Waals surface area contributed by atoms with Crippen molar-refractivity contribution in [2.24, 2.45) is 5.41 Å². The summed E-state index contributed by atoms with van der Waals surface area (Å²) in [7, 11) is -1.64. The standard InChI is InChI=1S/C13H21BrN2O3S2/c1-13(3-5-19-6-4-13)9-16-21(17,18)11-7-10(8-15-2)20-12(11)14/h7,15-16H,3-6,8-9H2,1-2H3. The average Bonchev–Trinajstić information content (AvgIpc) is 2.80. The zero-order valence-corrected chi connectivity index (χ0v) is 15.5. The first-order chi connectivity index (χ1) is 9.86. The molecule has 2 rings (SSSR count). The van der Waals surface area contributed by atoms with Gasteiger partial charge in [0.05, 0.1) is 3.79 Å². The van der Waals surface area contributed by atoms with E-state index in [9.17, 15) is 8.42 Å². The van der Waals surface area contributed by atoms with Crippen molar-refractivity contribution in [3.05, 3.63) is 14.7 Å². The lowest BCUT2D eigenvalue weighted by atomic mass is 9.83. The Morgan fingerprint density at radius 1 is 1.43 bits per heavy atom. The minimum absolute atomic E-state index is 0.0262. The van der Waals surface area contributed by atoms with Crippen LogP contribution in [0, 0.1) is 5.41 Å². The zero-order valence-electron chi connectivity index (χ0n) is 12.2. The van der Waals surface area contributed by atoms with E-state index in [1.165, 1.54) is 11.3 Å². The van der Waals surface area contributed by atoms with E-state index in [0.717, 1.165) is 17.7 Å². The highest BCUT2D eigenvalue weighted by Crippen LogP contribution is 2.33. The highest BCUT2D eigenvalue weighted by Gasteiger charge is 2.30. The molecule has 0 unspecified atom stereocenters. The minimum atomic E-state index is -3.48. The van der Waals surface area contributed by atoms with Gasteiger partial charge in [-0.15, -0.1) is 11.3 Å². The third kappa shape index (κ3) is 4.49. The van der Waals surface area contributed by atoms with Crippen LogP contribution in [0.2, 0.25) is 0 Å². The SMILES string of the molecule is CNCc1cc(S(=O)(=O)NCC2(C)CCOCC2)c(Br)s1. The van der Waals surface area contributed by atoms with Gasteiger partial charge in [0.25, 0.3) is 0 Å². The van der Waals surface area contributed by atoms with Crippen LogP contribution in [-0.4, -0.2) is 35.2 Å². The number of thiophene rings is 1. The predicted molar refractivity (Wildman–Crippen MR) is 88.1 cm³/mol. The molecule has 2 N–H and O–H groups in total. The molecule has 1 aromatic rings. The van der Waals surface area contributed by atoms with Gasteiger partial charge >= 0.3 is 0 Å². The van der Waals surface area contributed by atoms with E-state index >= 15 is 0 Å². The van der Waals surface area contributed by atoms with Crippen molar-refractivity contribution >= 4 is 37.3 Å². The lowest BCUT2D eigenvalue weighted by molar-refractivity contribution is 0.0265. The van der Waals surface area contributed by atoms with Crippen molar-refractivity contribution < 1.29 is 13.2 Å². The minimum Gasteiger partial charge on any atom is -0.381 e. The number of ether oxygens (including phenoxy) is 1. The van der Waals surface area contributed by atoms with Crippen LogP contribution in [0.25, 0.3) is 0 Å². The maximum absolute atomic E-state index is 12.5. The Balaban J connectivity index is 2.07. The van der Waals surface area contributed by atoms with Crippen LogP contribution in [0.5, 0.6) is 0 Å². The van der Waals surface area contributed by atoms with Gasteiger partial charge < -0.3 is 10.1 Å². The Labute approximate surface area is 138 Å². The molecule has 0 spiro atoms. The first-order valence-electron chi connectivity index (χ1n) is 6.86. The van der Waals surface area contributed by atoms with Gasteiger partial charge in [0.1, 0.15) is 4.90 Å². The molecule has 8 heteroatoms. The molecular weight excluding hydrogens is 376 g/mol. The quantitative estimate of drug-likeness (QED) is 0.773. The van der Waals surface area contributed by atoms with Gasteiger partial charge in [0, 0.05) is 31.2 Å². The summed E-state index contributed by atoms with van der Waals surface area (Å²) in [5.41, 5.74) is -0.0262. The molecule has 0 radical (unpaired) electrons.